The molecule has 0 radical (unpaired) electrons. The first-order valence-corrected chi connectivity index (χ1v) is 4.64. The first-order chi connectivity index (χ1) is 6.65. The SMILES string of the molecule is C#CCOc1ccc([C@H](C)N)cc1Cl. The maximum Gasteiger partial charge on any atom is 0.148 e. The van der Waals surface area contributed by atoms with Gasteiger partial charge in [0, 0.05) is 6.04 Å². The van der Waals surface area contributed by atoms with E-state index in [9.17, 15) is 0 Å². The van der Waals surface area contributed by atoms with Crippen LogP contribution in [0.3, 0.4) is 0 Å². The van der Waals surface area contributed by atoms with Crippen LogP contribution in [0.15, 0.2) is 18.2 Å². The molecule has 1 rings (SSSR count). The van der Waals surface area contributed by atoms with Crippen molar-refractivity contribution in [1.82, 2.24) is 0 Å². The molecule has 0 aliphatic carbocycles. The van der Waals surface area contributed by atoms with Crippen LogP contribution in [0.4, 0.5) is 0 Å². The van der Waals surface area contributed by atoms with E-state index in [0.29, 0.717) is 10.8 Å². The first-order valence-electron chi connectivity index (χ1n) is 4.26. The van der Waals surface area contributed by atoms with Gasteiger partial charge in [0.05, 0.1) is 5.02 Å². The summed E-state index contributed by atoms with van der Waals surface area (Å²) < 4.78 is 5.21. The second-order valence-electron chi connectivity index (χ2n) is 2.97. The van der Waals surface area contributed by atoms with Gasteiger partial charge in [-0.1, -0.05) is 23.6 Å². The normalized spacial score (nSPS) is 11.9. The number of nitrogens with two attached hydrogens (primary N) is 1. The van der Waals surface area contributed by atoms with Crippen molar-refractivity contribution in [3.8, 4) is 18.1 Å². The predicted molar refractivity (Wildman–Crippen MR) is 58.4 cm³/mol. The van der Waals surface area contributed by atoms with E-state index in [0.717, 1.165) is 5.56 Å². The molecule has 2 N–H and O–H groups in total. The largest absolute Gasteiger partial charge is 0.479 e. The smallest absolute Gasteiger partial charge is 0.148 e. The van der Waals surface area contributed by atoms with Crippen LogP contribution in [-0.4, -0.2) is 6.61 Å². The number of benzene rings is 1. The zero-order valence-electron chi connectivity index (χ0n) is 7.96. The summed E-state index contributed by atoms with van der Waals surface area (Å²) in [7, 11) is 0. The van der Waals surface area contributed by atoms with E-state index in [2.05, 4.69) is 5.92 Å². The van der Waals surface area contributed by atoms with Crippen LogP contribution in [0, 0.1) is 12.3 Å². The monoisotopic (exact) mass is 209 g/mol. The van der Waals surface area contributed by atoms with E-state index in [4.69, 9.17) is 28.5 Å². The standard InChI is InChI=1S/C11H12ClNO/c1-3-6-14-11-5-4-9(8(2)13)7-10(11)12/h1,4-5,7-8H,6,13H2,2H3/t8-/m0/s1. The Labute approximate surface area is 89.0 Å². The van der Waals surface area contributed by atoms with Crippen molar-refractivity contribution in [3.63, 3.8) is 0 Å². The zero-order valence-corrected chi connectivity index (χ0v) is 8.71. The van der Waals surface area contributed by atoms with E-state index >= 15 is 0 Å². The molecule has 0 saturated heterocycles. The number of hydrogen-bond donors (Lipinski definition) is 1. The number of hydrogen-bond acceptors (Lipinski definition) is 2. The minimum absolute atomic E-state index is 0.0332. The fraction of sp³-hybridized carbons (Fsp3) is 0.273. The van der Waals surface area contributed by atoms with Crippen LogP contribution < -0.4 is 10.5 Å². The van der Waals surface area contributed by atoms with Crippen LogP contribution >= 0.6 is 11.6 Å². The molecule has 0 fully saturated rings. The lowest BCUT2D eigenvalue weighted by Gasteiger charge is -2.09. The summed E-state index contributed by atoms with van der Waals surface area (Å²) in [5, 5.41) is 0.537. The molecular weight excluding hydrogens is 198 g/mol. The quantitative estimate of drug-likeness (QED) is 0.776. The van der Waals surface area contributed by atoms with Crippen LogP contribution in [0.1, 0.15) is 18.5 Å². The number of terminal acetylenes is 1. The molecule has 1 atom stereocenters. The third-order valence-electron chi connectivity index (χ3n) is 1.79. The van der Waals surface area contributed by atoms with Gasteiger partial charge in [0.15, 0.2) is 0 Å². The van der Waals surface area contributed by atoms with Gasteiger partial charge in [-0.15, -0.1) is 6.42 Å². The molecule has 0 bridgehead atoms. The molecule has 0 spiro atoms. The Kier molecular flexibility index (Phi) is 3.82. The summed E-state index contributed by atoms with van der Waals surface area (Å²) in [6.07, 6.45) is 5.07. The maximum atomic E-state index is 5.96. The predicted octanol–water partition coefficient (Wildman–Crippen LogP) is 2.37. The van der Waals surface area contributed by atoms with Crippen molar-refractivity contribution in [2.45, 2.75) is 13.0 Å². The second kappa shape index (κ2) is 4.90. The Morgan fingerprint density at radius 1 is 1.64 bits per heavy atom. The summed E-state index contributed by atoms with van der Waals surface area (Å²) in [6.45, 7) is 2.12. The topological polar surface area (TPSA) is 35.2 Å². The first kappa shape index (κ1) is 10.9. The molecule has 0 aliphatic rings. The molecule has 0 saturated carbocycles. The van der Waals surface area contributed by atoms with Gasteiger partial charge >= 0.3 is 0 Å². The van der Waals surface area contributed by atoms with E-state index in [1.54, 1.807) is 12.1 Å². The highest BCUT2D eigenvalue weighted by Gasteiger charge is 2.04. The Hall–Kier alpha value is -1.17. The molecule has 0 unspecified atom stereocenters. The zero-order chi connectivity index (χ0) is 10.6. The van der Waals surface area contributed by atoms with E-state index < -0.39 is 0 Å². The molecule has 0 amide bonds. The summed E-state index contributed by atoms with van der Waals surface area (Å²) in [5.74, 6) is 2.97. The highest BCUT2D eigenvalue weighted by molar-refractivity contribution is 6.32. The van der Waals surface area contributed by atoms with Gasteiger partial charge in [-0.05, 0) is 24.6 Å². The Morgan fingerprint density at radius 2 is 2.36 bits per heavy atom. The fourth-order valence-electron chi connectivity index (χ4n) is 1.04. The molecule has 14 heavy (non-hydrogen) atoms. The number of rotatable bonds is 3. The molecule has 1 aromatic carbocycles. The minimum atomic E-state index is -0.0332. The van der Waals surface area contributed by atoms with Crippen LogP contribution in [0.25, 0.3) is 0 Å². The Bertz CT molecular complexity index is 355. The third-order valence-corrected chi connectivity index (χ3v) is 2.09. The van der Waals surface area contributed by atoms with Crippen molar-refractivity contribution in [1.29, 1.82) is 0 Å². The van der Waals surface area contributed by atoms with Crippen molar-refractivity contribution >= 4 is 11.6 Å². The Morgan fingerprint density at radius 3 is 2.86 bits per heavy atom. The summed E-state index contributed by atoms with van der Waals surface area (Å²) in [6, 6.07) is 5.41. The average molecular weight is 210 g/mol. The van der Waals surface area contributed by atoms with E-state index in [1.165, 1.54) is 0 Å². The Balaban J connectivity index is 2.85. The van der Waals surface area contributed by atoms with Gasteiger partial charge in [-0.2, -0.15) is 0 Å². The second-order valence-corrected chi connectivity index (χ2v) is 3.38. The summed E-state index contributed by atoms with van der Waals surface area (Å²) in [4.78, 5) is 0. The molecule has 1 aromatic rings. The minimum Gasteiger partial charge on any atom is -0.479 e. The highest BCUT2D eigenvalue weighted by Crippen LogP contribution is 2.27. The number of halogens is 1. The third kappa shape index (κ3) is 2.66. The molecule has 0 aromatic heterocycles. The molecule has 74 valence electrons. The summed E-state index contributed by atoms with van der Waals surface area (Å²) >= 11 is 5.96. The summed E-state index contributed by atoms with van der Waals surface area (Å²) in [5.41, 5.74) is 6.68. The molecule has 2 nitrogen and oxygen atoms in total. The highest BCUT2D eigenvalue weighted by atomic mass is 35.5. The van der Waals surface area contributed by atoms with Gasteiger partial charge in [0.25, 0.3) is 0 Å². The van der Waals surface area contributed by atoms with Gasteiger partial charge < -0.3 is 10.5 Å². The van der Waals surface area contributed by atoms with Crippen LogP contribution in [-0.2, 0) is 0 Å². The van der Waals surface area contributed by atoms with Gasteiger partial charge in [-0.25, -0.2) is 0 Å². The fourth-order valence-corrected chi connectivity index (χ4v) is 1.28. The lowest BCUT2D eigenvalue weighted by molar-refractivity contribution is 0.370. The van der Waals surface area contributed by atoms with E-state index in [1.807, 2.05) is 13.0 Å². The molecule has 0 aliphatic heterocycles. The van der Waals surface area contributed by atoms with Gasteiger partial charge in [0.1, 0.15) is 12.4 Å². The molecular formula is C11H12ClNO. The number of ether oxygens (including phenoxy) is 1. The molecule has 0 heterocycles. The van der Waals surface area contributed by atoms with E-state index in [-0.39, 0.29) is 12.6 Å². The average Bonchev–Trinajstić information content (AvgIpc) is 2.15. The van der Waals surface area contributed by atoms with Crippen molar-refractivity contribution < 1.29 is 4.74 Å². The molecule has 3 heteroatoms. The maximum absolute atomic E-state index is 5.96. The van der Waals surface area contributed by atoms with Gasteiger partial charge in [0.2, 0.25) is 0 Å². The lowest BCUT2D eigenvalue weighted by atomic mass is 10.1. The van der Waals surface area contributed by atoms with Crippen molar-refractivity contribution in [2.75, 3.05) is 6.61 Å². The van der Waals surface area contributed by atoms with Crippen molar-refractivity contribution in [2.24, 2.45) is 5.73 Å². The van der Waals surface area contributed by atoms with Crippen molar-refractivity contribution in [3.05, 3.63) is 28.8 Å². The van der Waals surface area contributed by atoms with Crippen LogP contribution in [0.5, 0.6) is 5.75 Å². The van der Waals surface area contributed by atoms with Crippen LogP contribution in [0.2, 0.25) is 5.02 Å². The van der Waals surface area contributed by atoms with Gasteiger partial charge in [-0.3, -0.25) is 0 Å². The lowest BCUT2D eigenvalue weighted by Crippen LogP contribution is -2.05.